The predicted octanol–water partition coefficient (Wildman–Crippen LogP) is 11.2. The maximum absolute atomic E-state index is 14.8. The van der Waals surface area contributed by atoms with E-state index in [0.717, 1.165) is 83.7 Å². The van der Waals surface area contributed by atoms with Crippen molar-refractivity contribution in [2.75, 3.05) is 9.80 Å². The number of benzene rings is 10. The summed E-state index contributed by atoms with van der Waals surface area (Å²) < 4.78 is 4.16. The van der Waals surface area contributed by atoms with Gasteiger partial charge in [0.15, 0.2) is 21.7 Å². The van der Waals surface area contributed by atoms with E-state index in [-0.39, 0.29) is 28.4 Å². The number of hydrogen-bond acceptors (Lipinski definition) is 6. The molecule has 0 atom stereocenters. The van der Waals surface area contributed by atoms with Crippen LogP contribution < -0.4 is 47.9 Å². The Hall–Kier alpha value is -9.86. The van der Waals surface area contributed by atoms with Crippen molar-refractivity contribution in [3.05, 3.63) is 253 Å². The van der Waals surface area contributed by atoms with Crippen molar-refractivity contribution in [1.29, 1.82) is 0 Å². The topological polar surface area (TPSA) is 83.6 Å². The Morgan fingerprint density at radius 3 is 1.40 bits per heavy atom. The molecule has 0 unspecified atom stereocenters. The van der Waals surface area contributed by atoms with Crippen molar-refractivity contribution < 1.29 is 0 Å². The molecule has 0 radical (unpaired) electrons. The first kappa shape index (κ1) is 39.9. The zero-order valence-electron chi connectivity index (χ0n) is 38.7. The lowest BCUT2D eigenvalue weighted by Crippen LogP contribution is -2.61. The van der Waals surface area contributed by atoms with Gasteiger partial charge in [-0.15, -0.1) is 0 Å². The Balaban J connectivity index is 0.928. The highest BCUT2D eigenvalue weighted by atomic mass is 16.1. The molecule has 16 rings (SSSR count). The van der Waals surface area contributed by atoms with Crippen LogP contribution in [0.1, 0.15) is 0 Å². The molecule has 2 aliphatic rings. The van der Waals surface area contributed by atoms with Gasteiger partial charge in [0, 0.05) is 77.2 Å². The van der Waals surface area contributed by atoms with Crippen molar-refractivity contribution in [2.24, 2.45) is 0 Å². The van der Waals surface area contributed by atoms with Crippen LogP contribution >= 0.6 is 0 Å². The van der Waals surface area contributed by atoms with Gasteiger partial charge in [-0.25, -0.2) is 0 Å². The van der Waals surface area contributed by atoms with Crippen LogP contribution in [0.5, 0.6) is 0 Å². The SMILES string of the molecule is O=c1c2ccccc2n2c3ccc(N4c5ccccc5B5c6ccc(-c7cc8c(=O)c9ccccc9n9c%10ccccc%10c(=O)c(c7)c89)cc6N(c6ccccc6)c6cccc4c65)cc3c(=O)c3cccc1c32. The molecule has 0 saturated carbocycles. The molecule has 73 heavy (non-hydrogen) atoms. The molecule has 0 spiro atoms. The minimum absolute atomic E-state index is 0.0854. The van der Waals surface area contributed by atoms with Gasteiger partial charge in [0.25, 0.3) is 6.71 Å². The predicted molar refractivity (Wildman–Crippen MR) is 300 cm³/mol. The highest BCUT2D eigenvalue weighted by Gasteiger charge is 2.43. The van der Waals surface area contributed by atoms with Gasteiger partial charge in [0.05, 0.1) is 33.1 Å². The van der Waals surface area contributed by atoms with E-state index in [9.17, 15) is 19.2 Å². The number of pyridine rings is 4. The summed E-state index contributed by atoms with van der Waals surface area (Å²) in [6.45, 7) is -0.177. The van der Waals surface area contributed by atoms with Crippen molar-refractivity contribution >= 4 is 133 Å². The minimum atomic E-state index is -0.177. The highest BCUT2D eigenvalue weighted by molar-refractivity contribution is 7.00. The molecule has 338 valence electrons. The molecule has 4 aromatic heterocycles. The summed E-state index contributed by atoms with van der Waals surface area (Å²) >= 11 is 0. The zero-order valence-corrected chi connectivity index (χ0v) is 38.7. The lowest BCUT2D eigenvalue weighted by atomic mass is 9.33. The molecule has 0 aliphatic carbocycles. The van der Waals surface area contributed by atoms with Crippen molar-refractivity contribution in [2.45, 2.75) is 0 Å². The summed E-state index contributed by atoms with van der Waals surface area (Å²) in [5.41, 5.74) is 14.6. The van der Waals surface area contributed by atoms with Crippen molar-refractivity contribution in [3.63, 3.8) is 0 Å². The molecule has 9 heteroatoms. The van der Waals surface area contributed by atoms with E-state index in [0.29, 0.717) is 54.1 Å². The second-order valence-electron chi connectivity index (χ2n) is 19.3. The first-order valence-corrected chi connectivity index (χ1v) is 24.5. The van der Waals surface area contributed by atoms with E-state index in [1.807, 2.05) is 115 Å². The fourth-order valence-electron chi connectivity index (χ4n) is 12.7. The summed E-state index contributed by atoms with van der Waals surface area (Å²) in [6.07, 6.45) is 0. The number of rotatable bonds is 3. The second kappa shape index (κ2) is 14.4. The van der Waals surface area contributed by atoms with Crippen LogP contribution in [0.3, 0.4) is 0 Å². The third-order valence-electron chi connectivity index (χ3n) is 15.7. The van der Waals surface area contributed by atoms with Crippen LogP contribution in [-0.4, -0.2) is 15.5 Å². The Bertz CT molecular complexity index is 4950. The quantitative estimate of drug-likeness (QED) is 0.0997. The van der Waals surface area contributed by atoms with Gasteiger partial charge in [0.2, 0.25) is 0 Å². The summed E-state index contributed by atoms with van der Waals surface area (Å²) in [6, 6.07) is 70.3. The number of fused-ring (bicyclic) bond motifs is 12. The first-order valence-electron chi connectivity index (χ1n) is 24.5. The highest BCUT2D eigenvalue weighted by Crippen LogP contribution is 2.45. The second-order valence-corrected chi connectivity index (χ2v) is 19.3. The van der Waals surface area contributed by atoms with Crippen LogP contribution in [-0.2, 0) is 0 Å². The fourth-order valence-corrected chi connectivity index (χ4v) is 12.7. The van der Waals surface area contributed by atoms with E-state index in [1.165, 1.54) is 0 Å². The van der Waals surface area contributed by atoms with Crippen molar-refractivity contribution in [1.82, 2.24) is 8.80 Å². The lowest BCUT2D eigenvalue weighted by molar-refractivity contribution is 1.25. The molecule has 6 heterocycles. The Morgan fingerprint density at radius 2 is 0.753 bits per heavy atom. The summed E-state index contributed by atoms with van der Waals surface area (Å²) in [4.78, 5) is 62.4. The van der Waals surface area contributed by atoms with Gasteiger partial charge in [-0.2, -0.15) is 0 Å². The first-order chi connectivity index (χ1) is 35.9. The van der Waals surface area contributed by atoms with Crippen LogP contribution in [0.25, 0.3) is 87.3 Å². The Morgan fingerprint density at radius 1 is 0.288 bits per heavy atom. The largest absolute Gasteiger partial charge is 0.311 e. The molecule has 0 N–H and O–H groups in total. The van der Waals surface area contributed by atoms with Gasteiger partial charge in [-0.3, -0.25) is 19.2 Å². The van der Waals surface area contributed by atoms with Crippen LogP contribution in [0.15, 0.2) is 232 Å². The van der Waals surface area contributed by atoms with E-state index in [2.05, 4.69) is 110 Å². The van der Waals surface area contributed by atoms with E-state index < -0.39 is 0 Å². The van der Waals surface area contributed by atoms with Gasteiger partial charge in [-0.1, -0.05) is 97.1 Å². The average molecular weight is 935 g/mol. The van der Waals surface area contributed by atoms with Gasteiger partial charge < -0.3 is 18.6 Å². The Kier molecular flexibility index (Phi) is 7.86. The molecule has 14 aromatic rings. The maximum atomic E-state index is 14.8. The van der Waals surface area contributed by atoms with Gasteiger partial charge >= 0.3 is 0 Å². The Labute approximate surface area is 414 Å². The van der Waals surface area contributed by atoms with Crippen LogP contribution in [0, 0.1) is 0 Å². The third-order valence-corrected chi connectivity index (χ3v) is 15.7. The number of aromatic nitrogens is 2. The molecule has 8 nitrogen and oxygen atoms in total. The fraction of sp³-hybridized carbons (Fsp3) is 0. The van der Waals surface area contributed by atoms with E-state index in [4.69, 9.17) is 0 Å². The standard InChI is InChI=1S/C64H35BN4O4/c70-61-40-16-4-8-22-50(40)69-53-31-29-39(35-45(53)64(73)44-20-12-19-43(61)59(44)69)67-54-25-11-7-21-48(54)65-49-30-28-36(34-57(49)66(38-14-2-1-3-15-38)55-26-13-27-56(67)58(55)65)37-32-46-60-47(33-37)63(72)42-18-6-10-24-52(42)68(60)51-23-9-5-17-41(51)62(46)71/h1-35H. The third kappa shape index (κ3) is 5.19. The number of para-hydroxylation sites is 6. The average Bonchev–Trinajstić information content (AvgIpc) is 3.44. The molecule has 10 aromatic carbocycles. The number of nitrogens with zero attached hydrogens (tertiary/aromatic N) is 4. The van der Waals surface area contributed by atoms with Gasteiger partial charge in [0.1, 0.15) is 0 Å². The lowest BCUT2D eigenvalue weighted by Gasteiger charge is -2.44. The van der Waals surface area contributed by atoms with Gasteiger partial charge in [-0.05, 0) is 143 Å². The molecular formula is C64H35BN4O4. The summed E-state index contributed by atoms with van der Waals surface area (Å²) in [7, 11) is 0. The molecule has 0 bridgehead atoms. The van der Waals surface area contributed by atoms with Crippen LogP contribution in [0.4, 0.5) is 34.1 Å². The van der Waals surface area contributed by atoms with Crippen LogP contribution in [0.2, 0.25) is 0 Å². The molecular weight excluding hydrogens is 900 g/mol. The molecule has 2 aliphatic heterocycles. The zero-order chi connectivity index (χ0) is 48.4. The van der Waals surface area contributed by atoms with E-state index >= 15 is 0 Å². The number of hydrogen-bond donors (Lipinski definition) is 0. The minimum Gasteiger partial charge on any atom is -0.311 e. The van der Waals surface area contributed by atoms with Crippen molar-refractivity contribution in [3.8, 4) is 11.1 Å². The summed E-state index contributed by atoms with van der Waals surface area (Å²) in [5.74, 6) is 0. The summed E-state index contributed by atoms with van der Waals surface area (Å²) in [5, 5.41) is 4.36. The molecule has 0 fully saturated rings. The number of anilines is 6. The maximum Gasteiger partial charge on any atom is 0.252 e. The molecule has 0 saturated heterocycles. The molecule has 0 amide bonds. The normalized spacial score (nSPS) is 13.1. The van der Waals surface area contributed by atoms with E-state index in [1.54, 1.807) is 6.07 Å². The smallest absolute Gasteiger partial charge is 0.252 e. The monoisotopic (exact) mass is 934 g/mol.